The Morgan fingerprint density at radius 1 is 0.556 bits per heavy atom. The summed E-state index contributed by atoms with van der Waals surface area (Å²) in [5.41, 5.74) is 1.50. The lowest BCUT2D eigenvalue weighted by Crippen LogP contribution is -2.29. The second-order valence-electron chi connectivity index (χ2n) is 12.5. The van der Waals surface area contributed by atoms with E-state index in [9.17, 15) is 0 Å². The molecule has 3 aromatic carbocycles. The molecule has 0 unspecified atom stereocenters. The van der Waals surface area contributed by atoms with Crippen molar-refractivity contribution in [2.24, 2.45) is 0 Å². The normalized spacial score (nSPS) is 12.0. The molecule has 3 aromatic rings. The standard InChI is InChI=1S/C36H51O8P/c1-35(2,3)29-20-26(39-9)22-31(33(29)43-24-41-18-16-37-7)45(28-14-12-11-13-15-28)32-23-27(40-10)21-30(36(4,5)6)34(32)44-25-42-19-17-38-8/h11-15,20-23H,16-19,24-25H2,1-10H3. The van der Waals surface area contributed by atoms with Crippen molar-refractivity contribution in [1.82, 2.24) is 0 Å². The first-order valence-corrected chi connectivity index (χ1v) is 16.5. The van der Waals surface area contributed by atoms with Gasteiger partial charge in [-0.15, -0.1) is 0 Å². The molecular weight excluding hydrogens is 591 g/mol. The molecule has 0 aliphatic carbocycles. The number of ether oxygens (including phenoxy) is 8. The van der Waals surface area contributed by atoms with Crippen LogP contribution in [0.1, 0.15) is 52.7 Å². The minimum atomic E-state index is -1.28. The number of rotatable bonds is 17. The molecule has 0 amide bonds. The van der Waals surface area contributed by atoms with E-state index in [-0.39, 0.29) is 24.4 Å². The summed E-state index contributed by atoms with van der Waals surface area (Å²) in [6, 6.07) is 18.7. The first kappa shape index (κ1) is 36.6. The van der Waals surface area contributed by atoms with Crippen molar-refractivity contribution in [3.8, 4) is 23.0 Å². The lowest BCUT2D eigenvalue weighted by atomic mass is 9.86. The lowest BCUT2D eigenvalue weighted by Gasteiger charge is -2.32. The zero-order valence-electron chi connectivity index (χ0n) is 28.7. The van der Waals surface area contributed by atoms with Gasteiger partial charge in [0.05, 0.1) is 40.6 Å². The summed E-state index contributed by atoms with van der Waals surface area (Å²) < 4.78 is 46.9. The molecule has 8 nitrogen and oxygen atoms in total. The van der Waals surface area contributed by atoms with E-state index in [1.807, 2.05) is 6.07 Å². The average molecular weight is 643 g/mol. The molecule has 0 spiro atoms. The minimum Gasteiger partial charge on any atom is -0.497 e. The van der Waals surface area contributed by atoms with Gasteiger partial charge in [0.25, 0.3) is 0 Å². The Bertz CT molecular complexity index is 1250. The van der Waals surface area contributed by atoms with Gasteiger partial charge in [-0.1, -0.05) is 71.9 Å². The van der Waals surface area contributed by atoms with Crippen LogP contribution < -0.4 is 34.9 Å². The molecule has 0 saturated carbocycles. The third-order valence-electron chi connectivity index (χ3n) is 7.11. The maximum absolute atomic E-state index is 6.56. The summed E-state index contributed by atoms with van der Waals surface area (Å²) in [4.78, 5) is 0. The Balaban J connectivity index is 2.38. The van der Waals surface area contributed by atoms with E-state index in [4.69, 9.17) is 37.9 Å². The summed E-state index contributed by atoms with van der Waals surface area (Å²) in [5, 5.41) is 3.08. The second-order valence-corrected chi connectivity index (χ2v) is 14.7. The summed E-state index contributed by atoms with van der Waals surface area (Å²) in [5.74, 6) is 3.02. The third kappa shape index (κ3) is 10.1. The van der Waals surface area contributed by atoms with Crippen LogP contribution in [0.15, 0.2) is 54.6 Å². The van der Waals surface area contributed by atoms with Crippen molar-refractivity contribution in [2.75, 3.05) is 68.5 Å². The van der Waals surface area contributed by atoms with Crippen molar-refractivity contribution in [3.63, 3.8) is 0 Å². The van der Waals surface area contributed by atoms with Gasteiger partial charge in [0.2, 0.25) is 0 Å². The van der Waals surface area contributed by atoms with Gasteiger partial charge in [-0.05, 0) is 48.3 Å². The van der Waals surface area contributed by atoms with Crippen molar-refractivity contribution < 1.29 is 37.9 Å². The largest absolute Gasteiger partial charge is 0.497 e. The highest BCUT2D eigenvalue weighted by atomic mass is 31.1. The smallest absolute Gasteiger partial charge is 0.189 e. The Hall–Kier alpha value is -2.87. The predicted octanol–water partition coefficient (Wildman–Crippen LogP) is 6.06. The molecule has 0 aliphatic rings. The van der Waals surface area contributed by atoms with Gasteiger partial charge >= 0.3 is 0 Å². The molecular formula is C36H51O8P. The third-order valence-corrected chi connectivity index (χ3v) is 9.55. The quantitative estimate of drug-likeness (QED) is 0.100. The van der Waals surface area contributed by atoms with Crippen LogP contribution in [0, 0.1) is 0 Å². The van der Waals surface area contributed by atoms with Crippen LogP contribution in [-0.2, 0) is 29.8 Å². The van der Waals surface area contributed by atoms with E-state index in [1.54, 1.807) is 28.4 Å². The van der Waals surface area contributed by atoms with Crippen LogP contribution in [0.5, 0.6) is 23.0 Å². The summed E-state index contributed by atoms with van der Waals surface area (Å²) in [6.07, 6.45) is 0. The molecule has 0 N–H and O–H groups in total. The second kappa shape index (κ2) is 17.2. The van der Waals surface area contributed by atoms with Crippen LogP contribution in [0.4, 0.5) is 0 Å². The first-order chi connectivity index (χ1) is 21.5. The number of methoxy groups -OCH3 is 4. The van der Waals surface area contributed by atoms with Gasteiger partial charge in [0, 0.05) is 36.0 Å². The molecule has 9 heteroatoms. The van der Waals surface area contributed by atoms with Gasteiger partial charge in [0.15, 0.2) is 13.6 Å². The minimum absolute atomic E-state index is 0.0752. The summed E-state index contributed by atoms with van der Waals surface area (Å²) in [6.45, 7) is 15.0. The van der Waals surface area contributed by atoms with E-state index in [1.165, 1.54) is 0 Å². The molecule has 248 valence electrons. The van der Waals surface area contributed by atoms with E-state index < -0.39 is 7.92 Å². The summed E-state index contributed by atoms with van der Waals surface area (Å²) in [7, 11) is 5.41. The van der Waals surface area contributed by atoms with Gasteiger partial charge in [0.1, 0.15) is 23.0 Å². The van der Waals surface area contributed by atoms with E-state index >= 15 is 0 Å². The fourth-order valence-electron chi connectivity index (χ4n) is 4.75. The molecule has 0 saturated heterocycles. The van der Waals surface area contributed by atoms with Gasteiger partial charge in [-0.3, -0.25) is 0 Å². The van der Waals surface area contributed by atoms with Gasteiger partial charge < -0.3 is 37.9 Å². The number of hydrogen-bond donors (Lipinski definition) is 0. The van der Waals surface area contributed by atoms with E-state index in [2.05, 4.69) is 90.1 Å². The van der Waals surface area contributed by atoms with Crippen molar-refractivity contribution in [2.45, 2.75) is 52.4 Å². The molecule has 0 atom stereocenters. The van der Waals surface area contributed by atoms with Crippen LogP contribution in [0.3, 0.4) is 0 Å². The maximum Gasteiger partial charge on any atom is 0.189 e. The zero-order valence-corrected chi connectivity index (χ0v) is 29.5. The predicted molar refractivity (Wildman–Crippen MR) is 182 cm³/mol. The monoisotopic (exact) mass is 642 g/mol. The van der Waals surface area contributed by atoms with Crippen LogP contribution >= 0.6 is 7.92 Å². The zero-order chi connectivity index (χ0) is 33.0. The van der Waals surface area contributed by atoms with E-state index in [0.717, 1.165) is 50.0 Å². The first-order valence-electron chi connectivity index (χ1n) is 15.1. The molecule has 0 radical (unpaired) electrons. The highest BCUT2D eigenvalue weighted by Crippen LogP contribution is 2.47. The SMILES string of the molecule is COCCOCOc1c(P(c2ccccc2)c2cc(OC)cc(C(C)(C)C)c2OCOCCOC)cc(OC)cc1C(C)(C)C. The van der Waals surface area contributed by atoms with Crippen molar-refractivity contribution in [1.29, 1.82) is 0 Å². The Kier molecular flexibility index (Phi) is 14.0. The molecule has 3 rings (SSSR count). The molecule has 0 bridgehead atoms. The fraction of sp³-hybridized carbons (Fsp3) is 0.500. The van der Waals surface area contributed by atoms with Crippen LogP contribution in [-0.4, -0.2) is 68.5 Å². The number of hydrogen-bond acceptors (Lipinski definition) is 8. The molecule has 0 heterocycles. The summed E-state index contributed by atoms with van der Waals surface area (Å²) >= 11 is 0. The van der Waals surface area contributed by atoms with Crippen LogP contribution in [0.2, 0.25) is 0 Å². The lowest BCUT2D eigenvalue weighted by molar-refractivity contribution is -0.00873. The molecule has 0 aromatic heterocycles. The van der Waals surface area contributed by atoms with E-state index in [0.29, 0.717) is 26.4 Å². The fourth-order valence-corrected chi connectivity index (χ4v) is 7.32. The topological polar surface area (TPSA) is 73.8 Å². The van der Waals surface area contributed by atoms with Crippen molar-refractivity contribution in [3.05, 3.63) is 65.7 Å². The van der Waals surface area contributed by atoms with Gasteiger partial charge in [-0.25, -0.2) is 0 Å². The number of benzene rings is 3. The molecule has 0 fully saturated rings. The van der Waals surface area contributed by atoms with Gasteiger partial charge in [-0.2, -0.15) is 0 Å². The van der Waals surface area contributed by atoms with Crippen LogP contribution in [0.25, 0.3) is 0 Å². The highest BCUT2D eigenvalue weighted by molar-refractivity contribution is 7.80. The average Bonchev–Trinajstić information content (AvgIpc) is 3.01. The molecule has 45 heavy (non-hydrogen) atoms. The molecule has 0 aliphatic heterocycles. The Labute approximate surface area is 271 Å². The Morgan fingerprint density at radius 3 is 1.33 bits per heavy atom. The highest BCUT2D eigenvalue weighted by Gasteiger charge is 2.33. The Morgan fingerprint density at radius 2 is 0.978 bits per heavy atom. The van der Waals surface area contributed by atoms with Crippen molar-refractivity contribution >= 4 is 23.8 Å². The maximum atomic E-state index is 6.56.